The fourth-order valence-electron chi connectivity index (χ4n) is 1.38. The molecule has 5 nitrogen and oxygen atoms in total. The van der Waals surface area contributed by atoms with E-state index in [0.717, 1.165) is 17.0 Å². The highest BCUT2D eigenvalue weighted by Crippen LogP contribution is 2.11. The van der Waals surface area contributed by atoms with Gasteiger partial charge in [-0.25, -0.2) is 0 Å². The molecule has 0 saturated carbocycles. The number of carbonyl (C=O) groups is 1. The van der Waals surface area contributed by atoms with Gasteiger partial charge in [0.15, 0.2) is 0 Å². The van der Waals surface area contributed by atoms with E-state index in [4.69, 9.17) is 5.73 Å². The van der Waals surface area contributed by atoms with E-state index in [2.05, 4.69) is 9.84 Å². The molecule has 0 aliphatic heterocycles. The van der Waals surface area contributed by atoms with Crippen molar-refractivity contribution < 1.29 is 9.53 Å². The number of hydrogen-bond acceptors (Lipinski definition) is 4. The number of hydrogen-bond donors (Lipinski definition) is 1. The van der Waals surface area contributed by atoms with Crippen LogP contribution in [0.25, 0.3) is 0 Å². The highest BCUT2D eigenvalue weighted by molar-refractivity contribution is 5.75. The molecule has 0 saturated heterocycles. The van der Waals surface area contributed by atoms with Crippen LogP contribution in [-0.4, -0.2) is 28.9 Å². The third kappa shape index (κ3) is 2.36. The highest BCUT2D eigenvalue weighted by Gasteiger charge is 2.17. The van der Waals surface area contributed by atoms with Gasteiger partial charge in [0.25, 0.3) is 0 Å². The van der Waals surface area contributed by atoms with Crippen molar-refractivity contribution in [3.8, 4) is 0 Å². The number of aryl methyl sites for hydroxylation is 1. The lowest BCUT2D eigenvalue weighted by Crippen LogP contribution is -2.36. The van der Waals surface area contributed by atoms with Crippen molar-refractivity contribution >= 4 is 5.97 Å². The molecule has 1 aromatic heterocycles. The Morgan fingerprint density at radius 1 is 1.53 bits per heavy atom. The van der Waals surface area contributed by atoms with E-state index in [9.17, 15) is 4.79 Å². The highest BCUT2D eigenvalue weighted by atomic mass is 16.5. The molecule has 0 fully saturated rings. The molecule has 0 aromatic carbocycles. The van der Waals surface area contributed by atoms with E-state index >= 15 is 0 Å². The third-order valence-corrected chi connectivity index (χ3v) is 2.62. The molecule has 0 bridgehead atoms. The first-order valence-electron chi connectivity index (χ1n) is 4.81. The van der Waals surface area contributed by atoms with E-state index < -0.39 is 12.0 Å². The minimum absolute atomic E-state index is 0.354. The predicted molar refractivity (Wildman–Crippen MR) is 56.4 cm³/mol. The lowest BCUT2D eigenvalue weighted by atomic mass is 10.2. The maximum absolute atomic E-state index is 11.1. The van der Waals surface area contributed by atoms with Crippen LogP contribution in [0.4, 0.5) is 0 Å². The first-order valence-corrected chi connectivity index (χ1v) is 4.81. The lowest BCUT2D eigenvalue weighted by molar-refractivity contribution is -0.142. The average molecular weight is 211 g/mol. The van der Waals surface area contributed by atoms with Crippen molar-refractivity contribution in [3.05, 3.63) is 17.0 Å². The van der Waals surface area contributed by atoms with Crippen LogP contribution in [0.5, 0.6) is 0 Å². The molecular formula is C10H17N3O2. The zero-order valence-corrected chi connectivity index (χ0v) is 9.57. The summed E-state index contributed by atoms with van der Waals surface area (Å²) in [4.78, 5) is 11.1. The van der Waals surface area contributed by atoms with E-state index in [1.165, 1.54) is 7.11 Å². The van der Waals surface area contributed by atoms with Crippen molar-refractivity contribution in [2.75, 3.05) is 7.11 Å². The van der Waals surface area contributed by atoms with Crippen LogP contribution in [0.1, 0.15) is 17.0 Å². The molecule has 1 heterocycles. The topological polar surface area (TPSA) is 70.1 Å². The SMILES string of the molecule is COC(=O)C(N)Cn1nc(C)c(C)c1C. The standard InChI is InChI=1S/C10H17N3O2/c1-6-7(2)12-13(8(6)3)5-9(11)10(14)15-4/h9H,5,11H2,1-4H3. The Kier molecular flexibility index (Phi) is 3.47. The minimum atomic E-state index is -0.660. The Balaban J connectivity index is 2.81. The summed E-state index contributed by atoms with van der Waals surface area (Å²) in [6, 6.07) is -0.660. The summed E-state index contributed by atoms with van der Waals surface area (Å²) < 4.78 is 6.30. The van der Waals surface area contributed by atoms with E-state index in [1.54, 1.807) is 4.68 Å². The Morgan fingerprint density at radius 2 is 2.13 bits per heavy atom. The Morgan fingerprint density at radius 3 is 2.53 bits per heavy atom. The molecule has 0 aliphatic rings. The average Bonchev–Trinajstić information content (AvgIpc) is 2.45. The van der Waals surface area contributed by atoms with Crippen LogP contribution in [0.3, 0.4) is 0 Å². The fourth-order valence-corrected chi connectivity index (χ4v) is 1.38. The van der Waals surface area contributed by atoms with Crippen LogP contribution in [0.15, 0.2) is 0 Å². The molecule has 15 heavy (non-hydrogen) atoms. The number of carbonyl (C=O) groups excluding carboxylic acids is 1. The van der Waals surface area contributed by atoms with Gasteiger partial charge in [-0.15, -0.1) is 0 Å². The van der Waals surface area contributed by atoms with Crippen LogP contribution < -0.4 is 5.73 Å². The molecule has 5 heteroatoms. The van der Waals surface area contributed by atoms with Gasteiger partial charge in [-0.05, 0) is 26.3 Å². The van der Waals surface area contributed by atoms with E-state index in [1.807, 2.05) is 20.8 Å². The molecule has 1 atom stereocenters. The summed E-state index contributed by atoms with van der Waals surface area (Å²) in [5, 5.41) is 4.30. The van der Waals surface area contributed by atoms with Crippen LogP contribution in [0.2, 0.25) is 0 Å². The van der Waals surface area contributed by atoms with Gasteiger partial charge in [-0.2, -0.15) is 5.10 Å². The fraction of sp³-hybridized carbons (Fsp3) is 0.600. The monoisotopic (exact) mass is 211 g/mol. The summed E-state index contributed by atoms with van der Waals surface area (Å²) in [6.07, 6.45) is 0. The lowest BCUT2D eigenvalue weighted by Gasteiger charge is -2.10. The molecule has 0 aliphatic carbocycles. The smallest absolute Gasteiger partial charge is 0.324 e. The first-order chi connectivity index (χ1) is 6.97. The van der Waals surface area contributed by atoms with Crippen LogP contribution >= 0.6 is 0 Å². The van der Waals surface area contributed by atoms with Crippen LogP contribution in [-0.2, 0) is 16.1 Å². The second-order valence-electron chi connectivity index (χ2n) is 3.61. The normalized spacial score (nSPS) is 12.6. The van der Waals surface area contributed by atoms with Gasteiger partial charge in [-0.3, -0.25) is 9.48 Å². The summed E-state index contributed by atoms with van der Waals surface area (Å²) in [5.41, 5.74) is 8.78. The Hall–Kier alpha value is -1.36. The zero-order valence-electron chi connectivity index (χ0n) is 9.57. The van der Waals surface area contributed by atoms with Gasteiger partial charge in [0.2, 0.25) is 0 Å². The molecule has 84 valence electrons. The quantitative estimate of drug-likeness (QED) is 0.730. The van der Waals surface area contributed by atoms with E-state index in [0.29, 0.717) is 6.54 Å². The Labute approximate surface area is 89.2 Å². The summed E-state index contributed by atoms with van der Waals surface area (Å²) >= 11 is 0. The summed E-state index contributed by atoms with van der Waals surface area (Å²) in [6.45, 7) is 6.24. The van der Waals surface area contributed by atoms with Crippen molar-refractivity contribution in [2.24, 2.45) is 5.73 Å². The van der Waals surface area contributed by atoms with Gasteiger partial charge in [0.05, 0.1) is 19.3 Å². The molecule has 0 spiro atoms. The molecule has 1 aromatic rings. The maximum Gasteiger partial charge on any atom is 0.324 e. The van der Waals surface area contributed by atoms with Gasteiger partial charge in [0, 0.05) is 5.69 Å². The van der Waals surface area contributed by atoms with E-state index in [-0.39, 0.29) is 0 Å². The largest absolute Gasteiger partial charge is 0.468 e. The predicted octanol–water partition coefficient (Wildman–Crippen LogP) is 0.309. The van der Waals surface area contributed by atoms with Crippen molar-refractivity contribution in [2.45, 2.75) is 33.4 Å². The van der Waals surface area contributed by atoms with Gasteiger partial charge in [0.1, 0.15) is 6.04 Å². The van der Waals surface area contributed by atoms with Crippen molar-refractivity contribution in [3.63, 3.8) is 0 Å². The first kappa shape index (κ1) is 11.7. The summed E-state index contributed by atoms with van der Waals surface area (Å²) in [7, 11) is 1.33. The minimum Gasteiger partial charge on any atom is -0.468 e. The number of nitrogens with zero attached hydrogens (tertiary/aromatic N) is 2. The molecule has 0 radical (unpaired) electrons. The number of aromatic nitrogens is 2. The molecule has 0 amide bonds. The Bertz CT molecular complexity index is 371. The zero-order chi connectivity index (χ0) is 11.6. The molecule has 1 rings (SSSR count). The third-order valence-electron chi connectivity index (χ3n) is 2.62. The number of ether oxygens (including phenoxy) is 1. The second-order valence-corrected chi connectivity index (χ2v) is 3.61. The molecular weight excluding hydrogens is 194 g/mol. The van der Waals surface area contributed by atoms with Crippen molar-refractivity contribution in [1.29, 1.82) is 0 Å². The number of esters is 1. The van der Waals surface area contributed by atoms with Gasteiger partial charge < -0.3 is 10.5 Å². The maximum atomic E-state index is 11.1. The molecule has 1 unspecified atom stereocenters. The number of nitrogens with two attached hydrogens (primary N) is 1. The van der Waals surface area contributed by atoms with Gasteiger partial charge >= 0.3 is 5.97 Å². The number of rotatable bonds is 3. The summed E-state index contributed by atoms with van der Waals surface area (Å²) in [5.74, 6) is -0.416. The van der Waals surface area contributed by atoms with Crippen molar-refractivity contribution in [1.82, 2.24) is 9.78 Å². The molecule has 2 N–H and O–H groups in total. The number of methoxy groups -OCH3 is 1. The van der Waals surface area contributed by atoms with Gasteiger partial charge in [-0.1, -0.05) is 0 Å². The van der Waals surface area contributed by atoms with Crippen LogP contribution in [0, 0.1) is 20.8 Å². The second kappa shape index (κ2) is 4.44.